The molecule has 4 nitrogen and oxygen atoms in total. The van der Waals surface area contributed by atoms with Crippen LogP contribution in [0.4, 0.5) is 5.82 Å². The molecule has 0 aliphatic heterocycles. The lowest BCUT2D eigenvalue weighted by Gasteiger charge is -2.19. The van der Waals surface area contributed by atoms with Crippen LogP contribution in [0.15, 0.2) is 28.1 Å². The summed E-state index contributed by atoms with van der Waals surface area (Å²) in [4.78, 5) is 17.6. The number of nitrogens with one attached hydrogen (secondary N) is 1. The number of anilines is 1. The minimum Gasteiger partial charge on any atom is -0.384 e. The van der Waals surface area contributed by atoms with Gasteiger partial charge < -0.3 is 11.1 Å². The topological polar surface area (TPSA) is 68.0 Å². The summed E-state index contributed by atoms with van der Waals surface area (Å²) in [6.45, 7) is 6.63. The number of pyridine rings is 1. The van der Waals surface area contributed by atoms with E-state index in [1.54, 1.807) is 23.5 Å². The fourth-order valence-corrected chi connectivity index (χ4v) is 3.21. The Morgan fingerprint density at radius 3 is 2.67 bits per heavy atom. The molecule has 0 bridgehead atoms. The smallest absolute Gasteiger partial charge is 0.251 e. The zero-order valence-electron chi connectivity index (χ0n) is 12.2. The Morgan fingerprint density at radius 2 is 2.10 bits per heavy atom. The highest BCUT2D eigenvalue weighted by Gasteiger charge is 2.18. The molecule has 2 aromatic heterocycles. The number of thiophene rings is 1. The molecule has 0 fully saturated rings. The first-order valence-electron chi connectivity index (χ1n) is 6.56. The molecule has 2 heterocycles. The largest absolute Gasteiger partial charge is 0.384 e. The van der Waals surface area contributed by atoms with Crippen LogP contribution in [-0.2, 0) is 12.0 Å². The van der Waals surface area contributed by atoms with Crippen LogP contribution in [0.2, 0.25) is 0 Å². The molecule has 3 N–H and O–H groups in total. The van der Waals surface area contributed by atoms with E-state index in [9.17, 15) is 4.79 Å². The van der Waals surface area contributed by atoms with E-state index in [0.717, 1.165) is 14.4 Å². The minimum absolute atomic E-state index is 0.140. The molecule has 6 heteroatoms. The summed E-state index contributed by atoms with van der Waals surface area (Å²) in [6, 6.07) is 7.36. The number of hydrogen-bond acceptors (Lipinski definition) is 4. The van der Waals surface area contributed by atoms with E-state index < -0.39 is 0 Å². The van der Waals surface area contributed by atoms with Crippen LogP contribution in [0.3, 0.4) is 0 Å². The number of carbonyl (C=O) groups excluding carboxylic acids is 1. The van der Waals surface area contributed by atoms with Crippen molar-refractivity contribution < 1.29 is 4.79 Å². The third-order valence-electron chi connectivity index (χ3n) is 2.93. The first-order chi connectivity index (χ1) is 9.75. The molecule has 0 aliphatic carbocycles. The van der Waals surface area contributed by atoms with E-state index in [0.29, 0.717) is 17.9 Å². The van der Waals surface area contributed by atoms with Gasteiger partial charge in [-0.1, -0.05) is 20.8 Å². The van der Waals surface area contributed by atoms with Gasteiger partial charge in [0, 0.05) is 21.5 Å². The molecule has 0 aliphatic rings. The molecule has 112 valence electrons. The Labute approximate surface area is 136 Å². The Bertz CT molecular complexity index is 661. The van der Waals surface area contributed by atoms with Gasteiger partial charge in [0.1, 0.15) is 5.82 Å². The van der Waals surface area contributed by atoms with Gasteiger partial charge in [-0.3, -0.25) is 4.79 Å². The Kier molecular flexibility index (Phi) is 4.68. The van der Waals surface area contributed by atoms with Crippen molar-refractivity contribution in [2.75, 3.05) is 5.73 Å². The Hall–Kier alpha value is -1.40. The van der Waals surface area contributed by atoms with Gasteiger partial charge in [0.05, 0.1) is 10.3 Å². The zero-order valence-corrected chi connectivity index (χ0v) is 14.6. The highest BCUT2D eigenvalue weighted by Crippen LogP contribution is 2.23. The van der Waals surface area contributed by atoms with E-state index in [1.807, 2.05) is 32.9 Å². The third kappa shape index (κ3) is 4.28. The highest BCUT2D eigenvalue weighted by atomic mass is 79.9. The second kappa shape index (κ2) is 6.15. The number of nitrogens with zero attached hydrogens (tertiary/aromatic N) is 1. The van der Waals surface area contributed by atoms with Crippen molar-refractivity contribution in [2.24, 2.45) is 0 Å². The maximum atomic E-state index is 12.3. The van der Waals surface area contributed by atoms with Crippen LogP contribution in [0, 0.1) is 0 Å². The van der Waals surface area contributed by atoms with Crippen molar-refractivity contribution in [3.63, 3.8) is 0 Å². The van der Waals surface area contributed by atoms with Crippen LogP contribution < -0.4 is 11.1 Å². The van der Waals surface area contributed by atoms with Gasteiger partial charge in [-0.05, 0) is 40.2 Å². The van der Waals surface area contributed by atoms with Crippen molar-refractivity contribution in [3.05, 3.63) is 44.2 Å². The SMILES string of the molecule is CC(C)(C)c1cc(C(=O)NCc2ccc(Br)s2)cc(N)n1. The molecule has 0 unspecified atom stereocenters. The minimum atomic E-state index is -0.150. The number of nitrogen functional groups attached to an aromatic ring is 1. The van der Waals surface area contributed by atoms with Gasteiger partial charge in [-0.15, -0.1) is 11.3 Å². The summed E-state index contributed by atoms with van der Waals surface area (Å²) in [5.41, 5.74) is 7.02. The van der Waals surface area contributed by atoms with Crippen molar-refractivity contribution in [1.82, 2.24) is 10.3 Å². The summed E-state index contributed by atoms with van der Waals surface area (Å²) in [7, 11) is 0. The van der Waals surface area contributed by atoms with Crippen LogP contribution in [0.1, 0.15) is 41.7 Å². The molecular formula is C15H18BrN3OS. The molecule has 2 rings (SSSR count). The quantitative estimate of drug-likeness (QED) is 0.868. The number of carbonyl (C=O) groups is 1. The van der Waals surface area contributed by atoms with E-state index in [4.69, 9.17) is 5.73 Å². The average molecular weight is 368 g/mol. The number of hydrogen-bond donors (Lipinski definition) is 2. The van der Waals surface area contributed by atoms with Gasteiger partial charge in [-0.25, -0.2) is 4.98 Å². The van der Waals surface area contributed by atoms with Gasteiger partial charge >= 0.3 is 0 Å². The summed E-state index contributed by atoms with van der Waals surface area (Å²) >= 11 is 5.01. The summed E-state index contributed by atoms with van der Waals surface area (Å²) in [5, 5.41) is 2.90. The van der Waals surface area contributed by atoms with Crippen LogP contribution in [0.5, 0.6) is 0 Å². The van der Waals surface area contributed by atoms with Crippen LogP contribution in [-0.4, -0.2) is 10.9 Å². The first-order valence-corrected chi connectivity index (χ1v) is 8.17. The average Bonchev–Trinajstić information content (AvgIpc) is 2.80. The molecule has 0 saturated carbocycles. The second-order valence-corrected chi connectivity index (χ2v) is 8.35. The van der Waals surface area contributed by atoms with E-state index in [-0.39, 0.29) is 11.3 Å². The molecular weight excluding hydrogens is 350 g/mol. The number of nitrogens with two attached hydrogens (primary N) is 1. The Balaban J connectivity index is 2.13. The first kappa shape index (κ1) is 16.0. The molecule has 0 radical (unpaired) electrons. The van der Waals surface area contributed by atoms with E-state index >= 15 is 0 Å². The number of amides is 1. The number of rotatable bonds is 3. The van der Waals surface area contributed by atoms with Gasteiger partial charge in [-0.2, -0.15) is 0 Å². The molecule has 2 aromatic rings. The fourth-order valence-electron chi connectivity index (χ4n) is 1.78. The van der Waals surface area contributed by atoms with Crippen molar-refractivity contribution in [2.45, 2.75) is 32.7 Å². The molecule has 0 atom stereocenters. The lowest BCUT2D eigenvalue weighted by atomic mass is 9.90. The number of aromatic nitrogens is 1. The second-order valence-electron chi connectivity index (χ2n) is 5.80. The van der Waals surface area contributed by atoms with Crippen LogP contribution in [0.25, 0.3) is 0 Å². The summed E-state index contributed by atoms with van der Waals surface area (Å²) in [6.07, 6.45) is 0. The molecule has 0 spiro atoms. The van der Waals surface area contributed by atoms with Crippen LogP contribution >= 0.6 is 27.3 Å². The van der Waals surface area contributed by atoms with E-state index in [2.05, 4.69) is 26.2 Å². The molecule has 0 aromatic carbocycles. The highest BCUT2D eigenvalue weighted by molar-refractivity contribution is 9.11. The standard InChI is InChI=1S/C15H18BrN3OS/c1-15(2,3)11-6-9(7-13(17)19-11)14(20)18-8-10-4-5-12(16)21-10/h4-7H,8H2,1-3H3,(H2,17,19)(H,18,20). The molecule has 1 amide bonds. The third-order valence-corrected chi connectivity index (χ3v) is 4.55. The maximum Gasteiger partial charge on any atom is 0.251 e. The van der Waals surface area contributed by atoms with Crippen molar-refractivity contribution >= 4 is 39.0 Å². The summed E-state index contributed by atoms with van der Waals surface area (Å²) in [5.74, 6) is 0.227. The van der Waals surface area contributed by atoms with Crippen molar-refractivity contribution in [1.29, 1.82) is 0 Å². The normalized spacial score (nSPS) is 11.4. The lowest BCUT2D eigenvalue weighted by Crippen LogP contribution is -2.24. The lowest BCUT2D eigenvalue weighted by molar-refractivity contribution is 0.0951. The molecule has 21 heavy (non-hydrogen) atoms. The molecule has 0 saturated heterocycles. The fraction of sp³-hybridized carbons (Fsp3) is 0.333. The Morgan fingerprint density at radius 1 is 1.38 bits per heavy atom. The maximum absolute atomic E-state index is 12.3. The van der Waals surface area contributed by atoms with Gasteiger partial charge in [0.2, 0.25) is 0 Å². The van der Waals surface area contributed by atoms with Gasteiger partial charge in [0.15, 0.2) is 0 Å². The predicted octanol–water partition coefficient (Wildman–Crippen LogP) is 3.72. The zero-order chi connectivity index (χ0) is 15.6. The summed E-state index contributed by atoms with van der Waals surface area (Å²) < 4.78 is 1.05. The van der Waals surface area contributed by atoms with Crippen molar-refractivity contribution in [3.8, 4) is 0 Å². The number of halogens is 1. The van der Waals surface area contributed by atoms with E-state index in [1.165, 1.54) is 0 Å². The predicted molar refractivity (Wildman–Crippen MR) is 90.5 cm³/mol. The monoisotopic (exact) mass is 367 g/mol. The van der Waals surface area contributed by atoms with Gasteiger partial charge in [0.25, 0.3) is 5.91 Å².